The lowest BCUT2D eigenvalue weighted by Crippen LogP contribution is -2.11. The second-order valence-electron chi connectivity index (χ2n) is 8.34. The first-order chi connectivity index (χ1) is 14.6. The Hall–Kier alpha value is -1.84. The first-order valence-electron chi connectivity index (χ1n) is 12.0. The molecular weight excluding hydrogens is 376 g/mol. The maximum Gasteiger partial charge on any atom is 0.338 e. The first-order valence-corrected chi connectivity index (χ1v) is 12.0. The van der Waals surface area contributed by atoms with Crippen molar-refractivity contribution in [2.75, 3.05) is 13.2 Å². The number of carbonyl (C=O) groups is 2. The number of esters is 2. The van der Waals surface area contributed by atoms with Crippen molar-refractivity contribution >= 4 is 11.9 Å². The summed E-state index contributed by atoms with van der Waals surface area (Å²) in [6.07, 6.45) is 14.4. The zero-order valence-corrected chi connectivity index (χ0v) is 19.4. The van der Waals surface area contributed by atoms with E-state index in [1.807, 2.05) is 0 Å². The summed E-state index contributed by atoms with van der Waals surface area (Å²) in [5.41, 5.74) is 0.797. The zero-order valence-electron chi connectivity index (χ0n) is 19.4. The molecule has 4 nitrogen and oxygen atoms in total. The van der Waals surface area contributed by atoms with Crippen molar-refractivity contribution in [2.24, 2.45) is 5.92 Å². The lowest BCUT2D eigenvalue weighted by Gasteiger charge is -2.10. The maximum absolute atomic E-state index is 12.2. The van der Waals surface area contributed by atoms with Crippen LogP contribution < -0.4 is 0 Å². The number of hydrogen-bond acceptors (Lipinski definition) is 4. The third-order valence-corrected chi connectivity index (χ3v) is 5.61. The van der Waals surface area contributed by atoms with Gasteiger partial charge in [-0.2, -0.15) is 0 Å². The Labute approximate surface area is 183 Å². The van der Waals surface area contributed by atoms with E-state index in [-0.39, 0.29) is 11.9 Å². The molecule has 1 atom stereocenters. The van der Waals surface area contributed by atoms with E-state index in [0.29, 0.717) is 30.3 Å². The molecule has 1 aromatic carbocycles. The highest BCUT2D eigenvalue weighted by molar-refractivity contribution is 5.95. The van der Waals surface area contributed by atoms with E-state index in [0.717, 1.165) is 25.7 Å². The van der Waals surface area contributed by atoms with Crippen LogP contribution in [-0.2, 0) is 9.47 Å². The fourth-order valence-corrected chi connectivity index (χ4v) is 3.25. The van der Waals surface area contributed by atoms with Crippen LogP contribution in [0.2, 0.25) is 0 Å². The van der Waals surface area contributed by atoms with Gasteiger partial charge in [0, 0.05) is 0 Å². The van der Waals surface area contributed by atoms with Crippen molar-refractivity contribution < 1.29 is 19.1 Å². The average molecular weight is 419 g/mol. The maximum atomic E-state index is 12.2. The van der Waals surface area contributed by atoms with Crippen molar-refractivity contribution in [2.45, 2.75) is 97.8 Å². The standard InChI is InChI=1S/C26H42O4/c1-4-6-7-8-9-10-11-12-13-14-19-29-25(27)23-16-15-17-24(21-23)26(28)30-20-18-22(3)5-2/h15-17,21-22H,4-14,18-20H2,1-3H3. The second kappa shape index (κ2) is 16.9. The van der Waals surface area contributed by atoms with Crippen molar-refractivity contribution in [3.8, 4) is 0 Å². The van der Waals surface area contributed by atoms with Crippen LogP contribution in [0.1, 0.15) is 119 Å². The molecule has 0 aliphatic heterocycles. The molecular formula is C26H42O4. The number of carbonyl (C=O) groups excluding carboxylic acids is 2. The van der Waals surface area contributed by atoms with Crippen LogP contribution >= 0.6 is 0 Å². The molecule has 0 aromatic heterocycles. The predicted molar refractivity (Wildman–Crippen MR) is 123 cm³/mol. The molecule has 0 N–H and O–H groups in total. The smallest absolute Gasteiger partial charge is 0.338 e. The van der Waals surface area contributed by atoms with Gasteiger partial charge in [-0.3, -0.25) is 0 Å². The SMILES string of the molecule is CCCCCCCCCCCCOC(=O)c1cccc(C(=O)OCCC(C)CC)c1. The van der Waals surface area contributed by atoms with Gasteiger partial charge in [-0.1, -0.05) is 91.0 Å². The minimum absolute atomic E-state index is 0.375. The lowest BCUT2D eigenvalue weighted by atomic mass is 10.1. The molecule has 0 heterocycles. The van der Waals surface area contributed by atoms with Gasteiger partial charge in [0.1, 0.15) is 0 Å². The second-order valence-corrected chi connectivity index (χ2v) is 8.34. The molecule has 1 aromatic rings. The van der Waals surface area contributed by atoms with Gasteiger partial charge >= 0.3 is 11.9 Å². The van der Waals surface area contributed by atoms with Gasteiger partial charge in [0.25, 0.3) is 0 Å². The zero-order chi connectivity index (χ0) is 22.0. The quantitative estimate of drug-likeness (QED) is 0.196. The third kappa shape index (κ3) is 12.0. The molecule has 0 fully saturated rings. The Morgan fingerprint density at radius 2 is 1.27 bits per heavy atom. The minimum Gasteiger partial charge on any atom is -0.462 e. The van der Waals surface area contributed by atoms with E-state index in [1.165, 1.54) is 51.4 Å². The van der Waals surface area contributed by atoms with Crippen LogP contribution in [0.25, 0.3) is 0 Å². The van der Waals surface area contributed by atoms with Crippen LogP contribution in [-0.4, -0.2) is 25.2 Å². The number of benzene rings is 1. The Kier molecular flexibility index (Phi) is 14.8. The van der Waals surface area contributed by atoms with Gasteiger partial charge < -0.3 is 9.47 Å². The van der Waals surface area contributed by atoms with E-state index < -0.39 is 0 Å². The van der Waals surface area contributed by atoms with Crippen molar-refractivity contribution in [1.82, 2.24) is 0 Å². The minimum atomic E-state index is -0.386. The average Bonchev–Trinajstić information content (AvgIpc) is 2.77. The normalized spacial score (nSPS) is 11.8. The predicted octanol–water partition coefficient (Wildman–Crippen LogP) is 7.36. The molecule has 0 saturated heterocycles. The Balaban J connectivity index is 2.20. The summed E-state index contributed by atoms with van der Waals surface area (Å²) in [6.45, 7) is 7.34. The highest BCUT2D eigenvalue weighted by atomic mass is 16.5. The van der Waals surface area contributed by atoms with Gasteiger partial charge in [0.2, 0.25) is 0 Å². The van der Waals surface area contributed by atoms with Crippen LogP contribution in [0.15, 0.2) is 24.3 Å². The summed E-state index contributed by atoms with van der Waals surface area (Å²) in [4.78, 5) is 24.4. The molecule has 0 aliphatic rings. The summed E-state index contributed by atoms with van der Waals surface area (Å²) < 4.78 is 10.7. The Bertz CT molecular complexity index is 596. The fraction of sp³-hybridized carbons (Fsp3) is 0.692. The van der Waals surface area contributed by atoms with Crippen molar-refractivity contribution in [1.29, 1.82) is 0 Å². The summed E-state index contributed by atoms with van der Waals surface area (Å²) in [5.74, 6) is -0.229. The molecule has 170 valence electrons. The number of unbranched alkanes of at least 4 members (excludes halogenated alkanes) is 9. The Morgan fingerprint density at radius 1 is 0.767 bits per heavy atom. The highest BCUT2D eigenvalue weighted by Crippen LogP contribution is 2.13. The summed E-state index contributed by atoms with van der Waals surface area (Å²) in [6, 6.07) is 6.61. The lowest BCUT2D eigenvalue weighted by molar-refractivity contribution is 0.0484. The molecule has 1 unspecified atom stereocenters. The summed E-state index contributed by atoms with van der Waals surface area (Å²) in [5, 5.41) is 0. The first kappa shape index (κ1) is 26.2. The highest BCUT2D eigenvalue weighted by Gasteiger charge is 2.13. The van der Waals surface area contributed by atoms with Gasteiger partial charge in [0.15, 0.2) is 0 Å². The topological polar surface area (TPSA) is 52.6 Å². The molecule has 0 spiro atoms. The molecule has 30 heavy (non-hydrogen) atoms. The van der Waals surface area contributed by atoms with Gasteiger partial charge in [-0.05, 0) is 37.0 Å². The molecule has 4 heteroatoms. The molecule has 0 saturated carbocycles. The monoisotopic (exact) mass is 418 g/mol. The number of hydrogen-bond donors (Lipinski definition) is 0. The molecule has 0 radical (unpaired) electrons. The van der Waals surface area contributed by atoms with Crippen molar-refractivity contribution in [3.05, 3.63) is 35.4 Å². The third-order valence-electron chi connectivity index (χ3n) is 5.61. The molecule has 1 rings (SSSR count). The molecule has 0 aliphatic carbocycles. The Morgan fingerprint density at radius 3 is 1.80 bits per heavy atom. The van der Waals surface area contributed by atoms with E-state index in [1.54, 1.807) is 24.3 Å². The summed E-state index contributed by atoms with van der Waals surface area (Å²) >= 11 is 0. The van der Waals surface area contributed by atoms with Crippen LogP contribution in [0.3, 0.4) is 0 Å². The van der Waals surface area contributed by atoms with Crippen LogP contribution in [0.5, 0.6) is 0 Å². The largest absolute Gasteiger partial charge is 0.462 e. The van der Waals surface area contributed by atoms with Gasteiger partial charge in [-0.25, -0.2) is 9.59 Å². The molecule has 0 bridgehead atoms. The van der Waals surface area contributed by atoms with Crippen LogP contribution in [0.4, 0.5) is 0 Å². The van der Waals surface area contributed by atoms with E-state index in [2.05, 4.69) is 20.8 Å². The van der Waals surface area contributed by atoms with E-state index in [9.17, 15) is 9.59 Å². The summed E-state index contributed by atoms with van der Waals surface area (Å²) in [7, 11) is 0. The van der Waals surface area contributed by atoms with Gasteiger partial charge in [-0.15, -0.1) is 0 Å². The van der Waals surface area contributed by atoms with E-state index in [4.69, 9.17) is 9.47 Å². The van der Waals surface area contributed by atoms with Crippen LogP contribution in [0, 0.1) is 5.92 Å². The number of rotatable bonds is 17. The van der Waals surface area contributed by atoms with E-state index >= 15 is 0 Å². The van der Waals surface area contributed by atoms with Gasteiger partial charge in [0.05, 0.1) is 24.3 Å². The number of ether oxygens (including phenoxy) is 2. The molecule has 0 amide bonds. The fourth-order valence-electron chi connectivity index (χ4n) is 3.25. The van der Waals surface area contributed by atoms with Crippen molar-refractivity contribution in [3.63, 3.8) is 0 Å².